The van der Waals surface area contributed by atoms with Gasteiger partial charge in [-0.25, -0.2) is 13.4 Å². The Hall–Kier alpha value is -2.91. The maximum Gasteiger partial charge on any atom is 0.278 e. The lowest BCUT2D eigenvalue weighted by atomic mass is 10.0. The van der Waals surface area contributed by atoms with E-state index in [4.69, 9.17) is 0 Å². The molecule has 0 radical (unpaired) electrons. The van der Waals surface area contributed by atoms with E-state index in [2.05, 4.69) is 15.0 Å². The molecular formula is C18H15N3O4S2. The summed E-state index contributed by atoms with van der Waals surface area (Å²) in [5, 5.41) is 14.7. The highest BCUT2D eigenvalue weighted by molar-refractivity contribution is 7.90. The maximum atomic E-state index is 12.8. The zero-order valence-electron chi connectivity index (χ0n) is 14.4. The fourth-order valence-electron chi connectivity index (χ4n) is 2.93. The minimum Gasteiger partial charge on any atom is -0.505 e. The molecule has 0 fully saturated rings. The summed E-state index contributed by atoms with van der Waals surface area (Å²) in [7, 11) is -4.04. The Kier molecular flexibility index (Phi) is 3.93. The van der Waals surface area contributed by atoms with Crippen LogP contribution in [0.2, 0.25) is 0 Å². The third kappa shape index (κ3) is 2.84. The van der Waals surface area contributed by atoms with Crippen LogP contribution in [0, 0.1) is 13.8 Å². The summed E-state index contributed by atoms with van der Waals surface area (Å²) in [6, 6.07) is 10.1. The number of hydrogen-bond acceptors (Lipinski definition) is 6. The van der Waals surface area contributed by atoms with E-state index >= 15 is 0 Å². The van der Waals surface area contributed by atoms with E-state index < -0.39 is 27.4 Å². The van der Waals surface area contributed by atoms with Gasteiger partial charge in [-0.05, 0) is 25.3 Å². The molecule has 0 bridgehead atoms. The number of anilines is 1. The van der Waals surface area contributed by atoms with E-state index in [9.17, 15) is 18.3 Å². The van der Waals surface area contributed by atoms with Gasteiger partial charge >= 0.3 is 0 Å². The summed E-state index contributed by atoms with van der Waals surface area (Å²) >= 11 is 1.27. The predicted octanol–water partition coefficient (Wildman–Crippen LogP) is 3.07. The number of fused-ring (bicyclic) bond motifs is 3. The molecular weight excluding hydrogens is 386 g/mol. The van der Waals surface area contributed by atoms with Crippen LogP contribution < -0.4 is 10.0 Å². The average Bonchev–Trinajstić information content (AvgIpc) is 2.94. The molecule has 3 N–H and O–H groups in total. The molecule has 0 saturated carbocycles. The van der Waals surface area contributed by atoms with Crippen LogP contribution in [-0.2, 0) is 14.8 Å². The second-order valence-electron chi connectivity index (χ2n) is 6.11. The Morgan fingerprint density at radius 3 is 2.63 bits per heavy atom. The third-order valence-electron chi connectivity index (χ3n) is 4.35. The summed E-state index contributed by atoms with van der Waals surface area (Å²) < 4.78 is 27.8. The highest BCUT2D eigenvalue weighted by Gasteiger charge is 2.34. The molecule has 7 nitrogen and oxygen atoms in total. The van der Waals surface area contributed by atoms with E-state index in [0.717, 1.165) is 16.0 Å². The van der Waals surface area contributed by atoms with Gasteiger partial charge in [-0.3, -0.25) is 14.8 Å². The smallest absolute Gasteiger partial charge is 0.278 e. The van der Waals surface area contributed by atoms with Gasteiger partial charge in [0.05, 0.1) is 5.69 Å². The molecule has 1 aliphatic heterocycles. The van der Waals surface area contributed by atoms with Gasteiger partial charge in [0.1, 0.15) is 4.90 Å². The highest BCUT2D eigenvalue weighted by atomic mass is 32.2. The molecule has 1 aliphatic rings. The normalized spacial score (nSPS) is 15.3. The molecule has 0 saturated heterocycles. The molecule has 9 heteroatoms. The maximum absolute atomic E-state index is 12.8. The fraction of sp³-hybridized carbons (Fsp3) is 0.111. The first-order valence-corrected chi connectivity index (χ1v) is 10.3. The lowest BCUT2D eigenvalue weighted by Gasteiger charge is -2.22. The van der Waals surface area contributed by atoms with Gasteiger partial charge in [-0.2, -0.15) is 0 Å². The summed E-state index contributed by atoms with van der Waals surface area (Å²) in [4.78, 5) is 17.7. The zero-order valence-corrected chi connectivity index (χ0v) is 16.0. The topological polar surface area (TPSA) is 108 Å². The number of amides is 1. The minimum atomic E-state index is -4.04. The molecule has 3 aromatic rings. The number of aliphatic hydroxyl groups is 1. The standard InChI is InChI=1S/C18H15N3O4S2/c1-9-10(2)26-18(19-9)20-17(23)14-15(22)13-8-7-11-5-3-4-6-12(11)16(13)27(24,25)21-14/h3-8,21-22H,1-2H3,(H,19,20,23). The van der Waals surface area contributed by atoms with Crippen LogP contribution in [-0.4, -0.2) is 24.4 Å². The molecule has 27 heavy (non-hydrogen) atoms. The van der Waals surface area contributed by atoms with Gasteiger partial charge in [0.2, 0.25) is 0 Å². The van der Waals surface area contributed by atoms with Crippen LogP contribution in [0.25, 0.3) is 16.5 Å². The number of sulfonamides is 1. The van der Waals surface area contributed by atoms with Crippen LogP contribution in [0.15, 0.2) is 47.0 Å². The van der Waals surface area contributed by atoms with E-state index in [1.807, 2.05) is 13.8 Å². The van der Waals surface area contributed by atoms with Gasteiger partial charge in [-0.1, -0.05) is 30.3 Å². The first-order valence-electron chi connectivity index (χ1n) is 8.01. The Bertz CT molecular complexity index is 1220. The second kappa shape index (κ2) is 6.07. The van der Waals surface area contributed by atoms with Crippen molar-refractivity contribution in [2.75, 3.05) is 5.32 Å². The number of aliphatic hydroxyl groups excluding tert-OH is 1. The summed E-state index contributed by atoms with van der Waals surface area (Å²) in [5.74, 6) is -1.20. The van der Waals surface area contributed by atoms with Crippen LogP contribution in [0.4, 0.5) is 5.13 Å². The van der Waals surface area contributed by atoms with Crippen molar-refractivity contribution in [3.63, 3.8) is 0 Å². The van der Waals surface area contributed by atoms with Gasteiger partial charge in [-0.15, -0.1) is 11.3 Å². The predicted molar refractivity (Wildman–Crippen MR) is 104 cm³/mol. The fourth-order valence-corrected chi connectivity index (χ4v) is 5.23. The number of nitrogens with one attached hydrogen (secondary N) is 2. The van der Waals surface area contributed by atoms with Gasteiger partial charge < -0.3 is 5.11 Å². The number of hydrogen-bond donors (Lipinski definition) is 3. The molecule has 0 atom stereocenters. The highest BCUT2D eigenvalue weighted by Crippen LogP contribution is 2.35. The average molecular weight is 401 g/mol. The third-order valence-corrected chi connectivity index (χ3v) is 6.79. The largest absolute Gasteiger partial charge is 0.505 e. The first kappa shape index (κ1) is 17.5. The molecule has 2 heterocycles. The Morgan fingerprint density at radius 2 is 1.93 bits per heavy atom. The summed E-state index contributed by atoms with van der Waals surface area (Å²) in [6.45, 7) is 3.67. The van der Waals surface area contributed by atoms with Crippen molar-refractivity contribution in [3.8, 4) is 0 Å². The van der Waals surface area contributed by atoms with Crippen LogP contribution >= 0.6 is 11.3 Å². The van der Waals surface area contributed by atoms with Crippen molar-refractivity contribution in [1.29, 1.82) is 0 Å². The SMILES string of the molecule is Cc1nc(NC(=O)C2=C(O)c3ccc4ccccc4c3S(=O)(=O)N2)sc1C. The molecule has 2 aromatic carbocycles. The Morgan fingerprint density at radius 1 is 1.19 bits per heavy atom. The minimum absolute atomic E-state index is 0.0458. The van der Waals surface area contributed by atoms with E-state index in [-0.39, 0.29) is 10.5 Å². The van der Waals surface area contributed by atoms with Gasteiger partial charge in [0.25, 0.3) is 15.9 Å². The van der Waals surface area contributed by atoms with Crippen molar-refractivity contribution in [2.24, 2.45) is 0 Å². The molecule has 1 amide bonds. The van der Waals surface area contributed by atoms with Crippen LogP contribution in [0.3, 0.4) is 0 Å². The summed E-state index contributed by atoms with van der Waals surface area (Å²) in [6.07, 6.45) is 0. The molecule has 4 rings (SSSR count). The first-order chi connectivity index (χ1) is 12.8. The molecule has 1 aromatic heterocycles. The number of thiazole rings is 1. The van der Waals surface area contributed by atoms with E-state index in [1.54, 1.807) is 30.3 Å². The Labute approximate surface area is 159 Å². The Balaban J connectivity index is 1.83. The van der Waals surface area contributed by atoms with Gasteiger partial charge in [0.15, 0.2) is 16.6 Å². The zero-order chi connectivity index (χ0) is 19.3. The van der Waals surface area contributed by atoms with Crippen molar-refractivity contribution < 1.29 is 18.3 Å². The summed E-state index contributed by atoms with van der Waals surface area (Å²) in [5.41, 5.74) is 0.432. The lowest BCUT2D eigenvalue weighted by molar-refractivity contribution is -0.113. The van der Waals surface area contributed by atoms with Crippen LogP contribution in [0.5, 0.6) is 0 Å². The molecule has 138 valence electrons. The monoisotopic (exact) mass is 401 g/mol. The number of nitrogens with zero attached hydrogens (tertiary/aromatic N) is 1. The van der Waals surface area contributed by atoms with Crippen LogP contribution in [0.1, 0.15) is 16.1 Å². The number of aryl methyl sites for hydroxylation is 2. The second-order valence-corrected chi connectivity index (χ2v) is 8.93. The van der Waals surface area contributed by atoms with E-state index in [1.165, 1.54) is 17.4 Å². The van der Waals surface area contributed by atoms with E-state index in [0.29, 0.717) is 10.5 Å². The number of aromatic nitrogens is 1. The molecule has 0 spiro atoms. The van der Waals surface area contributed by atoms with Crippen molar-refractivity contribution >= 4 is 48.9 Å². The van der Waals surface area contributed by atoms with Crippen molar-refractivity contribution in [3.05, 3.63) is 58.2 Å². The number of benzene rings is 2. The number of carbonyl (C=O) groups is 1. The van der Waals surface area contributed by atoms with Crippen molar-refractivity contribution in [1.82, 2.24) is 9.71 Å². The number of carbonyl (C=O) groups excluding carboxylic acids is 1. The van der Waals surface area contributed by atoms with Gasteiger partial charge in [0, 0.05) is 15.8 Å². The van der Waals surface area contributed by atoms with Crippen molar-refractivity contribution in [2.45, 2.75) is 18.7 Å². The molecule has 0 aliphatic carbocycles. The quantitative estimate of drug-likeness (QED) is 0.612. The molecule has 0 unspecified atom stereocenters. The lowest BCUT2D eigenvalue weighted by Crippen LogP contribution is -2.35. The number of rotatable bonds is 2.